The zero-order valence-corrected chi connectivity index (χ0v) is 12.9. The van der Waals surface area contributed by atoms with Gasteiger partial charge in [0.05, 0.1) is 5.56 Å². The number of thioether (sulfide) groups is 1. The lowest BCUT2D eigenvalue weighted by atomic mass is 10.1. The van der Waals surface area contributed by atoms with Gasteiger partial charge in [-0.1, -0.05) is 24.3 Å². The number of fused-ring (bicyclic) bond motifs is 1. The molecule has 112 valence electrons. The summed E-state index contributed by atoms with van der Waals surface area (Å²) in [7, 11) is 0. The van der Waals surface area contributed by atoms with Crippen LogP contribution < -0.4 is 16.6 Å². The first-order valence-corrected chi connectivity index (χ1v) is 8.28. The topological polar surface area (TPSA) is 80.0 Å². The number of nitrogen functional groups attached to an aromatic ring is 1. The fraction of sp³-hybridized carbons (Fsp3) is 0.333. The Morgan fingerprint density at radius 2 is 2.05 bits per heavy atom. The predicted molar refractivity (Wildman–Crippen MR) is 89.5 cm³/mol. The van der Waals surface area contributed by atoms with Gasteiger partial charge in [0.25, 0.3) is 5.91 Å². The highest BCUT2D eigenvalue weighted by atomic mass is 32.2. The van der Waals surface area contributed by atoms with Gasteiger partial charge in [0.2, 0.25) is 0 Å². The highest BCUT2D eigenvalue weighted by Gasteiger charge is 2.12. The smallest absolute Gasteiger partial charge is 0.253 e. The normalized spacial score (nSPS) is 10.6. The van der Waals surface area contributed by atoms with E-state index in [0.717, 1.165) is 29.4 Å². The molecule has 0 saturated heterocycles. The van der Waals surface area contributed by atoms with Crippen LogP contribution in [-0.4, -0.2) is 29.4 Å². The number of carbonyl (C=O) groups is 1. The highest BCUT2D eigenvalue weighted by Crippen LogP contribution is 2.23. The number of hydrogen-bond donors (Lipinski definition) is 3. The molecule has 2 aromatic rings. The van der Waals surface area contributed by atoms with E-state index in [1.807, 2.05) is 36.0 Å². The highest BCUT2D eigenvalue weighted by molar-refractivity contribution is 7.98. The molecule has 0 unspecified atom stereocenters. The first-order chi connectivity index (χ1) is 10.3. The first kappa shape index (κ1) is 15.6. The Balaban J connectivity index is 2.13. The first-order valence-electron chi connectivity index (χ1n) is 6.89. The van der Waals surface area contributed by atoms with Gasteiger partial charge in [-0.25, -0.2) is 10.8 Å². The minimum absolute atomic E-state index is 0.0913. The van der Waals surface area contributed by atoms with Crippen molar-refractivity contribution >= 4 is 34.3 Å². The van der Waals surface area contributed by atoms with Crippen molar-refractivity contribution in [2.75, 3.05) is 24.0 Å². The van der Waals surface area contributed by atoms with Crippen LogP contribution in [0.2, 0.25) is 0 Å². The van der Waals surface area contributed by atoms with Gasteiger partial charge in [0.15, 0.2) is 0 Å². The molecule has 0 aliphatic heterocycles. The summed E-state index contributed by atoms with van der Waals surface area (Å²) in [5, 5.41) is 4.64. The molecule has 1 aromatic heterocycles. The minimum Gasteiger partial charge on any atom is -0.352 e. The monoisotopic (exact) mass is 304 g/mol. The number of benzene rings is 1. The third kappa shape index (κ3) is 3.86. The molecular weight excluding hydrogens is 284 g/mol. The van der Waals surface area contributed by atoms with Crippen LogP contribution in [0.3, 0.4) is 0 Å². The largest absolute Gasteiger partial charge is 0.352 e. The van der Waals surface area contributed by atoms with Gasteiger partial charge in [0, 0.05) is 18.1 Å². The molecule has 0 aliphatic rings. The van der Waals surface area contributed by atoms with E-state index in [0.29, 0.717) is 17.9 Å². The maximum absolute atomic E-state index is 12.3. The summed E-state index contributed by atoms with van der Waals surface area (Å²) in [6.45, 7) is 0.685. The third-order valence-electron chi connectivity index (χ3n) is 3.24. The van der Waals surface area contributed by atoms with Gasteiger partial charge in [0.1, 0.15) is 5.82 Å². The predicted octanol–water partition coefficient (Wildman–Crippen LogP) is 2.39. The zero-order chi connectivity index (χ0) is 15.1. The molecule has 0 bridgehead atoms. The number of hydrogen-bond acceptors (Lipinski definition) is 5. The number of hydrazine groups is 1. The van der Waals surface area contributed by atoms with Crippen molar-refractivity contribution in [3.63, 3.8) is 0 Å². The van der Waals surface area contributed by atoms with E-state index in [4.69, 9.17) is 5.84 Å². The van der Waals surface area contributed by atoms with Crippen molar-refractivity contribution < 1.29 is 4.79 Å². The molecule has 1 aromatic carbocycles. The number of nitrogens with two attached hydrogens (primary N) is 1. The second-order valence-corrected chi connectivity index (χ2v) is 5.65. The molecule has 6 heteroatoms. The molecule has 0 aliphatic carbocycles. The summed E-state index contributed by atoms with van der Waals surface area (Å²) in [6.07, 6.45) is 5.75. The van der Waals surface area contributed by atoms with Gasteiger partial charge in [-0.3, -0.25) is 4.79 Å². The number of rotatable bonds is 7. The van der Waals surface area contributed by atoms with E-state index < -0.39 is 0 Å². The summed E-state index contributed by atoms with van der Waals surface area (Å²) in [5.74, 6) is 7.06. The van der Waals surface area contributed by atoms with Crippen LogP contribution in [-0.2, 0) is 0 Å². The van der Waals surface area contributed by atoms with Crippen LogP contribution in [0.15, 0.2) is 30.5 Å². The summed E-state index contributed by atoms with van der Waals surface area (Å²) in [5.41, 5.74) is 3.14. The van der Waals surface area contributed by atoms with Crippen LogP contribution in [0.5, 0.6) is 0 Å². The lowest BCUT2D eigenvalue weighted by Crippen LogP contribution is -2.25. The van der Waals surface area contributed by atoms with E-state index >= 15 is 0 Å². The number of carbonyl (C=O) groups excluding carboxylic acids is 1. The Hall–Kier alpha value is -1.79. The van der Waals surface area contributed by atoms with Crippen molar-refractivity contribution in [1.29, 1.82) is 0 Å². The Labute approximate surface area is 128 Å². The quantitative estimate of drug-likeness (QED) is 0.416. The second kappa shape index (κ2) is 7.85. The summed E-state index contributed by atoms with van der Waals surface area (Å²) in [6, 6.07) is 7.60. The molecule has 0 spiro atoms. The number of aromatic nitrogens is 1. The van der Waals surface area contributed by atoms with Gasteiger partial charge in [-0.05, 0) is 30.2 Å². The molecule has 2 rings (SSSR count). The Kier molecular flexibility index (Phi) is 5.83. The van der Waals surface area contributed by atoms with E-state index in [-0.39, 0.29) is 5.91 Å². The molecule has 1 heterocycles. The average Bonchev–Trinajstić information content (AvgIpc) is 2.53. The van der Waals surface area contributed by atoms with E-state index in [1.54, 1.807) is 6.20 Å². The maximum atomic E-state index is 12.3. The van der Waals surface area contributed by atoms with Crippen LogP contribution in [0.1, 0.15) is 23.2 Å². The molecule has 0 radical (unpaired) electrons. The number of nitrogens with zero attached hydrogens (tertiary/aromatic N) is 1. The van der Waals surface area contributed by atoms with E-state index in [9.17, 15) is 4.79 Å². The lowest BCUT2D eigenvalue weighted by molar-refractivity contribution is 0.0954. The lowest BCUT2D eigenvalue weighted by Gasteiger charge is -2.10. The number of nitrogens with one attached hydrogen (secondary N) is 2. The Morgan fingerprint density at radius 3 is 2.76 bits per heavy atom. The molecule has 4 N–H and O–H groups in total. The van der Waals surface area contributed by atoms with Crippen LogP contribution >= 0.6 is 11.8 Å². The Bertz CT molecular complexity index is 618. The zero-order valence-electron chi connectivity index (χ0n) is 12.1. The minimum atomic E-state index is -0.0913. The molecule has 0 fully saturated rings. The molecule has 0 atom stereocenters. The maximum Gasteiger partial charge on any atom is 0.253 e. The van der Waals surface area contributed by atoms with Crippen molar-refractivity contribution in [3.05, 3.63) is 36.0 Å². The van der Waals surface area contributed by atoms with Crippen molar-refractivity contribution in [1.82, 2.24) is 10.3 Å². The van der Waals surface area contributed by atoms with E-state index in [1.165, 1.54) is 0 Å². The number of unbranched alkanes of at least 4 members (excludes halogenated alkanes) is 1. The van der Waals surface area contributed by atoms with Crippen LogP contribution in [0.4, 0.5) is 5.82 Å². The van der Waals surface area contributed by atoms with Gasteiger partial charge in [-0.15, -0.1) is 0 Å². The van der Waals surface area contributed by atoms with Gasteiger partial charge < -0.3 is 10.7 Å². The van der Waals surface area contributed by atoms with Crippen molar-refractivity contribution in [2.45, 2.75) is 12.8 Å². The third-order valence-corrected chi connectivity index (χ3v) is 3.93. The van der Waals surface area contributed by atoms with E-state index in [2.05, 4.69) is 22.0 Å². The Morgan fingerprint density at radius 1 is 1.29 bits per heavy atom. The van der Waals surface area contributed by atoms with Crippen molar-refractivity contribution in [2.24, 2.45) is 5.84 Å². The number of anilines is 1. The molecule has 5 nitrogen and oxygen atoms in total. The fourth-order valence-electron chi connectivity index (χ4n) is 2.16. The second-order valence-electron chi connectivity index (χ2n) is 4.67. The van der Waals surface area contributed by atoms with Crippen molar-refractivity contribution in [3.8, 4) is 0 Å². The molecule has 1 amide bonds. The van der Waals surface area contributed by atoms with Gasteiger partial charge in [-0.2, -0.15) is 11.8 Å². The van der Waals surface area contributed by atoms with Crippen LogP contribution in [0.25, 0.3) is 10.8 Å². The fourth-order valence-corrected chi connectivity index (χ4v) is 2.65. The van der Waals surface area contributed by atoms with Gasteiger partial charge >= 0.3 is 0 Å². The average molecular weight is 304 g/mol. The molecule has 0 saturated carbocycles. The summed E-state index contributed by atoms with van der Waals surface area (Å²) >= 11 is 1.82. The molecular formula is C15H20N4OS. The standard InChI is InChI=1S/C15H20N4OS/c1-21-9-5-4-8-17-15(20)13-10-18-14(19-16)12-7-3-2-6-11(12)13/h2-3,6-7,10H,4-5,8-9,16H2,1H3,(H,17,20)(H,18,19). The van der Waals surface area contributed by atoms with Crippen LogP contribution in [0, 0.1) is 0 Å². The SMILES string of the molecule is CSCCCCNC(=O)c1cnc(NN)c2ccccc12. The summed E-state index contributed by atoms with van der Waals surface area (Å²) < 4.78 is 0. The number of amides is 1. The number of pyridine rings is 1. The summed E-state index contributed by atoms with van der Waals surface area (Å²) in [4.78, 5) is 16.5. The molecule has 21 heavy (non-hydrogen) atoms.